The number of pyridine rings is 1. The predicted molar refractivity (Wildman–Crippen MR) is 67.9 cm³/mol. The van der Waals surface area contributed by atoms with E-state index in [0.717, 1.165) is 16.3 Å². The van der Waals surface area contributed by atoms with Crippen molar-refractivity contribution in [1.82, 2.24) is 9.97 Å². The SMILES string of the molecule is Cc1csc(CC(=O)Cc2cccnc2N)n1. The third-order valence-electron chi connectivity index (χ3n) is 2.33. The van der Waals surface area contributed by atoms with Gasteiger partial charge in [-0.25, -0.2) is 9.97 Å². The van der Waals surface area contributed by atoms with Gasteiger partial charge in [0.2, 0.25) is 0 Å². The lowest BCUT2D eigenvalue weighted by Gasteiger charge is -2.02. The monoisotopic (exact) mass is 247 g/mol. The highest BCUT2D eigenvalue weighted by atomic mass is 32.1. The Labute approximate surface area is 104 Å². The second kappa shape index (κ2) is 5.05. The predicted octanol–water partition coefficient (Wildman–Crippen LogP) is 1.78. The molecule has 2 rings (SSSR count). The summed E-state index contributed by atoms with van der Waals surface area (Å²) in [4.78, 5) is 20.0. The molecule has 0 fully saturated rings. The van der Waals surface area contributed by atoms with Crippen LogP contribution in [-0.2, 0) is 17.6 Å². The maximum atomic E-state index is 11.8. The zero-order valence-corrected chi connectivity index (χ0v) is 10.3. The van der Waals surface area contributed by atoms with Crippen molar-refractivity contribution in [2.75, 3.05) is 5.73 Å². The Balaban J connectivity index is 2.01. The first kappa shape index (κ1) is 11.7. The summed E-state index contributed by atoms with van der Waals surface area (Å²) in [7, 11) is 0. The molecule has 4 nitrogen and oxygen atoms in total. The number of Topliss-reactive ketones (excluding diaryl/α,β-unsaturated/α-hetero) is 1. The minimum absolute atomic E-state index is 0.110. The van der Waals surface area contributed by atoms with E-state index in [-0.39, 0.29) is 5.78 Å². The second-order valence-electron chi connectivity index (χ2n) is 3.82. The number of aromatic nitrogens is 2. The Morgan fingerprint density at radius 3 is 2.94 bits per heavy atom. The van der Waals surface area contributed by atoms with Gasteiger partial charge in [-0.1, -0.05) is 6.07 Å². The molecule has 0 saturated carbocycles. The van der Waals surface area contributed by atoms with Crippen molar-refractivity contribution in [3.8, 4) is 0 Å². The van der Waals surface area contributed by atoms with E-state index in [1.807, 2.05) is 18.4 Å². The van der Waals surface area contributed by atoms with E-state index in [1.54, 1.807) is 12.3 Å². The Kier molecular flexibility index (Phi) is 3.49. The van der Waals surface area contributed by atoms with Crippen molar-refractivity contribution < 1.29 is 4.79 Å². The van der Waals surface area contributed by atoms with Crippen molar-refractivity contribution in [3.05, 3.63) is 40.0 Å². The van der Waals surface area contributed by atoms with E-state index in [2.05, 4.69) is 9.97 Å². The van der Waals surface area contributed by atoms with Gasteiger partial charge < -0.3 is 5.73 Å². The molecule has 0 saturated heterocycles. The number of nitrogen functional groups attached to an aromatic ring is 1. The van der Waals surface area contributed by atoms with Crippen LogP contribution in [0.4, 0.5) is 5.82 Å². The molecule has 2 N–H and O–H groups in total. The Morgan fingerprint density at radius 1 is 1.47 bits per heavy atom. The first-order chi connectivity index (χ1) is 8.15. The molecule has 17 heavy (non-hydrogen) atoms. The molecule has 0 bridgehead atoms. The quantitative estimate of drug-likeness (QED) is 0.894. The van der Waals surface area contributed by atoms with E-state index >= 15 is 0 Å². The van der Waals surface area contributed by atoms with Gasteiger partial charge in [0, 0.05) is 29.3 Å². The number of carbonyl (C=O) groups is 1. The van der Waals surface area contributed by atoms with Gasteiger partial charge in [-0.15, -0.1) is 11.3 Å². The lowest BCUT2D eigenvalue weighted by molar-refractivity contribution is -0.117. The third kappa shape index (κ3) is 3.10. The Bertz CT molecular complexity index is 536. The summed E-state index contributed by atoms with van der Waals surface area (Å²) < 4.78 is 0. The first-order valence-electron chi connectivity index (χ1n) is 5.27. The van der Waals surface area contributed by atoms with E-state index in [9.17, 15) is 4.79 Å². The van der Waals surface area contributed by atoms with Crippen LogP contribution in [0.25, 0.3) is 0 Å². The van der Waals surface area contributed by atoms with Crippen LogP contribution in [0, 0.1) is 6.92 Å². The molecule has 0 spiro atoms. The second-order valence-corrected chi connectivity index (χ2v) is 4.77. The average molecular weight is 247 g/mol. The highest BCUT2D eigenvalue weighted by Crippen LogP contribution is 2.13. The third-order valence-corrected chi connectivity index (χ3v) is 3.30. The zero-order chi connectivity index (χ0) is 12.3. The molecule has 0 aliphatic rings. The number of ketones is 1. The van der Waals surface area contributed by atoms with Gasteiger partial charge in [0.15, 0.2) is 0 Å². The van der Waals surface area contributed by atoms with Crippen molar-refractivity contribution in [2.24, 2.45) is 0 Å². The van der Waals surface area contributed by atoms with Crippen molar-refractivity contribution in [3.63, 3.8) is 0 Å². The first-order valence-corrected chi connectivity index (χ1v) is 6.15. The van der Waals surface area contributed by atoms with Gasteiger partial charge in [0.05, 0.1) is 6.42 Å². The summed E-state index contributed by atoms with van der Waals surface area (Å²) in [6.45, 7) is 1.92. The number of carbonyl (C=O) groups excluding carboxylic acids is 1. The normalized spacial score (nSPS) is 10.4. The van der Waals surface area contributed by atoms with E-state index < -0.39 is 0 Å². The van der Waals surface area contributed by atoms with E-state index in [4.69, 9.17) is 5.73 Å². The van der Waals surface area contributed by atoms with Gasteiger partial charge in [0.1, 0.15) is 16.6 Å². The molecule has 0 radical (unpaired) electrons. The molecule has 5 heteroatoms. The lowest BCUT2D eigenvalue weighted by Crippen LogP contribution is -2.08. The average Bonchev–Trinajstić information content (AvgIpc) is 2.67. The molecule has 2 aromatic rings. The molecule has 2 heterocycles. The fourth-order valence-electron chi connectivity index (χ4n) is 1.53. The maximum absolute atomic E-state index is 11.8. The van der Waals surface area contributed by atoms with Crippen molar-refractivity contribution >= 4 is 22.9 Å². The fourth-order valence-corrected chi connectivity index (χ4v) is 2.33. The van der Waals surface area contributed by atoms with Gasteiger partial charge in [-0.05, 0) is 13.0 Å². The smallest absolute Gasteiger partial charge is 0.144 e. The van der Waals surface area contributed by atoms with Gasteiger partial charge in [-0.2, -0.15) is 0 Å². The molecule has 0 aromatic carbocycles. The molecule has 0 unspecified atom stereocenters. The van der Waals surface area contributed by atoms with Crippen molar-refractivity contribution in [2.45, 2.75) is 19.8 Å². The lowest BCUT2D eigenvalue weighted by atomic mass is 10.1. The number of hydrogen-bond donors (Lipinski definition) is 1. The van der Waals surface area contributed by atoms with Gasteiger partial charge in [0.25, 0.3) is 0 Å². The van der Waals surface area contributed by atoms with Crippen LogP contribution in [-0.4, -0.2) is 15.8 Å². The van der Waals surface area contributed by atoms with Crippen LogP contribution in [0.3, 0.4) is 0 Å². The number of nitrogens with two attached hydrogens (primary N) is 1. The summed E-state index contributed by atoms with van der Waals surface area (Å²) in [6.07, 6.45) is 2.30. The minimum Gasteiger partial charge on any atom is -0.383 e. The summed E-state index contributed by atoms with van der Waals surface area (Å²) in [5.41, 5.74) is 7.43. The number of aryl methyl sites for hydroxylation is 1. The van der Waals surface area contributed by atoms with Crippen LogP contribution < -0.4 is 5.73 Å². The number of thiazole rings is 1. The summed E-state index contributed by atoms with van der Waals surface area (Å²) in [5.74, 6) is 0.537. The van der Waals surface area contributed by atoms with Gasteiger partial charge in [-0.3, -0.25) is 4.79 Å². The van der Waals surface area contributed by atoms with Crippen LogP contribution in [0.5, 0.6) is 0 Å². The van der Waals surface area contributed by atoms with Crippen molar-refractivity contribution in [1.29, 1.82) is 0 Å². The largest absolute Gasteiger partial charge is 0.383 e. The summed E-state index contributed by atoms with van der Waals surface area (Å²) >= 11 is 1.51. The molecule has 88 valence electrons. The highest BCUT2D eigenvalue weighted by molar-refractivity contribution is 7.09. The molecule has 2 aromatic heterocycles. The fraction of sp³-hybridized carbons (Fsp3) is 0.250. The number of rotatable bonds is 4. The van der Waals surface area contributed by atoms with Crippen LogP contribution in [0.1, 0.15) is 16.3 Å². The van der Waals surface area contributed by atoms with Crippen LogP contribution >= 0.6 is 11.3 Å². The Hall–Kier alpha value is -1.75. The molecular formula is C12H13N3OS. The number of hydrogen-bond acceptors (Lipinski definition) is 5. The van der Waals surface area contributed by atoms with E-state index in [0.29, 0.717) is 18.7 Å². The molecule has 0 amide bonds. The maximum Gasteiger partial charge on any atom is 0.144 e. The van der Waals surface area contributed by atoms with Gasteiger partial charge >= 0.3 is 0 Å². The highest BCUT2D eigenvalue weighted by Gasteiger charge is 2.10. The Morgan fingerprint density at radius 2 is 2.29 bits per heavy atom. The summed E-state index contributed by atoms with van der Waals surface area (Å²) in [6, 6.07) is 3.61. The van der Waals surface area contributed by atoms with Crippen LogP contribution in [0.15, 0.2) is 23.7 Å². The number of anilines is 1. The molecule has 0 atom stereocenters. The zero-order valence-electron chi connectivity index (χ0n) is 9.51. The molecule has 0 aliphatic carbocycles. The molecule has 0 aliphatic heterocycles. The molecular weight excluding hydrogens is 234 g/mol. The van der Waals surface area contributed by atoms with Crippen LogP contribution in [0.2, 0.25) is 0 Å². The summed E-state index contributed by atoms with van der Waals surface area (Å²) in [5, 5.41) is 2.80. The number of nitrogens with zero attached hydrogens (tertiary/aromatic N) is 2. The minimum atomic E-state index is 0.110. The van der Waals surface area contributed by atoms with E-state index in [1.165, 1.54) is 11.3 Å². The topological polar surface area (TPSA) is 68.9 Å². The standard InChI is InChI=1S/C12H13N3OS/c1-8-7-17-11(15-8)6-10(16)5-9-3-2-4-14-12(9)13/h2-4,7H,5-6H2,1H3,(H2,13,14).